The van der Waals surface area contributed by atoms with E-state index < -0.39 is 0 Å². The molecule has 1 aromatic carbocycles. The van der Waals surface area contributed by atoms with Crippen molar-refractivity contribution in [2.75, 3.05) is 5.75 Å². The highest BCUT2D eigenvalue weighted by atomic mass is 32.2. The number of hydrogen-bond donors (Lipinski definition) is 0. The molecule has 2 rings (SSSR count). The van der Waals surface area contributed by atoms with E-state index in [2.05, 4.69) is 17.1 Å². The molecule has 4 nitrogen and oxygen atoms in total. The van der Waals surface area contributed by atoms with Crippen molar-refractivity contribution in [3.63, 3.8) is 0 Å². The SMILES string of the molecule is CCSc1nnc(COc2ccccc2F)n1CC. The molecule has 102 valence electrons. The van der Waals surface area contributed by atoms with Gasteiger partial charge in [0.2, 0.25) is 0 Å². The third-order valence-corrected chi connectivity index (χ3v) is 3.43. The molecule has 0 radical (unpaired) electrons. The molecule has 0 fully saturated rings. The topological polar surface area (TPSA) is 39.9 Å². The van der Waals surface area contributed by atoms with E-state index in [0.29, 0.717) is 5.82 Å². The zero-order valence-electron chi connectivity index (χ0n) is 11.0. The molecule has 0 aliphatic rings. The quantitative estimate of drug-likeness (QED) is 0.763. The molecule has 0 aliphatic heterocycles. The Morgan fingerprint density at radius 2 is 2.05 bits per heavy atom. The third kappa shape index (κ3) is 3.26. The number of rotatable bonds is 6. The fourth-order valence-electron chi connectivity index (χ4n) is 1.68. The average Bonchev–Trinajstić information content (AvgIpc) is 2.80. The zero-order valence-corrected chi connectivity index (χ0v) is 11.8. The first-order chi connectivity index (χ1) is 9.26. The lowest BCUT2D eigenvalue weighted by Crippen LogP contribution is -2.07. The molecule has 0 spiro atoms. The first kappa shape index (κ1) is 13.9. The second-order valence-corrected chi connectivity index (χ2v) is 5.03. The van der Waals surface area contributed by atoms with Crippen LogP contribution in [0.5, 0.6) is 5.75 Å². The van der Waals surface area contributed by atoms with Gasteiger partial charge in [-0.15, -0.1) is 10.2 Å². The molecule has 0 bridgehead atoms. The minimum Gasteiger partial charge on any atom is -0.483 e. The molecule has 1 aromatic heterocycles. The summed E-state index contributed by atoms with van der Waals surface area (Å²) in [6, 6.07) is 6.34. The van der Waals surface area contributed by atoms with E-state index in [9.17, 15) is 4.39 Å². The number of halogens is 1. The van der Waals surface area contributed by atoms with Crippen LogP contribution in [-0.2, 0) is 13.2 Å². The first-order valence-electron chi connectivity index (χ1n) is 6.18. The van der Waals surface area contributed by atoms with Crippen LogP contribution in [0.4, 0.5) is 4.39 Å². The molecule has 0 aliphatic carbocycles. The third-order valence-electron chi connectivity index (χ3n) is 2.58. The Balaban J connectivity index is 2.09. The Labute approximate surface area is 116 Å². The monoisotopic (exact) mass is 281 g/mol. The highest BCUT2D eigenvalue weighted by Crippen LogP contribution is 2.19. The maximum Gasteiger partial charge on any atom is 0.191 e. The van der Waals surface area contributed by atoms with Crippen molar-refractivity contribution in [2.24, 2.45) is 0 Å². The summed E-state index contributed by atoms with van der Waals surface area (Å²) >= 11 is 1.63. The molecular weight excluding hydrogens is 265 g/mol. The van der Waals surface area contributed by atoms with Crippen molar-refractivity contribution in [3.05, 3.63) is 35.9 Å². The van der Waals surface area contributed by atoms with Gasteiger partial charge >= 0.3 is 0 Å². The van der Waals surface area contributed by atoms with Gasteiger partial charge in [-0.05, 0) is 24.8 Å². The second-order valence-electron chi connectivity index (χ2n) is 3.80. The van der Waals surface area contributed by atoms with Crippen LogP contribution in [0.15, 0.2) is 29.4 Å². The molecule has 2 aromatic rings. The predicted octanol–water partition coefficient (Wildman–Crippen LogP) is 3.13. The Hall–Kier alpha value is -1.56. The fourth-order valence-corrected chi connectivity index (χ4v) is 2.43. The van der Waals surface area contributed by atoms with Crippen molar-refractivity contribution in [1.29, 1.82) is 0 Å². The largest absolute Gasteiger partial charge is 0.483 e. The van der Waals surface area contributed by atoms with Gasteiger partial charge in [-0.2, -0.15) is 0 Å². The molecule has 0 amide bonds. The maximum atomic E-state index is 13.4. The van der Waals surface area contributed by atoms with E-state index in [0.717, 1.165) is 17.5 Å². The number of hydrogen-bond acceptors (Lipinski definition) is 4. The Kier molecular flexibility index (Phi) is 4.79. The summed E-state index contributed by atoms with van der Waals surface area (Å²) in [5, 5.41) is 9.08. The van der Waals surface area contributed by atoms with E-state index in [1.54, 1.807) is 30.0 Å². The predicted molar refractivity (Wildman–Crippen MR) is 72.8 cm³/mol. The number of benzene rings is 1. The van der Waals surface area contributed by atoms with Gasteiger partial charge in [0.15, 0.2) is 22.5 Å². The lowest BCUT2D eigenvalue weighted by molar-refractivity contribution is 0.274. The van der Waals surface area contributed by atoms with Crippen LogP contribution < -0.4 is 4.74 Å². The van der Waals surface area contributed by atoms with Crippen LogP contribution in [0.3, 0.4) is 0 Å². The highest BCUT2D eigenvalue weighted by molar-refractivity contribution is 7.99. The lowest BCUT2D eigenvalue weighted by Gasteiger charge is -2.08. The van der Waals surface area contributed by atoms with Crippen LogP contribution in [0.25, 0.3) is 0 Å². The van der Waals surface area contributed by atoms with E-state index in [4.69, 9.17) is 4.74 Å². The number of thioether (sulfide) groups is 1. The fraction of sp³-hybridized carbons (Fsp3) is 0.385. The van der Waals surface area contributed by atoms with Crippen LogP contribution in [-0.4, -0.2) is 20.5 Å². The van der Waals surface area contributed by atoms with Crippen LogP contribution in [0.2, 0.25) is 0 Å². The smallest absolute Gasteiger partial charge is 0.191 e. The van der Waals surface area contributed by atoms with Gasteiger partial charge in [0.25, 0.3) is 0 Å². The number of aromatic nitrogens is 3. The molecule has 0 saturated carbocycles. The second kappa shape index (κ2) is 6.56. The van der Waals surface area contributed by atoms with Crippen molar-refractivity contribution in [3.8, 4) is 5.75 Å². The summed E-state index contributed by atoms with van der Waals surface area (Å²) in [5.74, 6) is 1.51. The number of ether oxygens (including phenoxy) is 1. The normalized spacial score (nSPS) is 10.7. The van der Waals surface area contributed by atoms with Crippen LogP contribution >= 0.6 is 11.8 Å². The molecule has 0 N–H and O–H groups in total. The standard InChI is InChI=1S/C13H16FN3OS/c1-3-17-12(15-16-13(17)19-4-2)9-18-11-8-6-5-7-10(11)14/h5-8H,3-4,9H2,1-2H3. The summed E-state index contributed by atoms with van der Waals surface area (Å²) in [6.07, 6.45) is 0. The first-order valence-corrected chi connectivity index (χ1v) is 7.17. The summed E-state index contributed by atoms with van der Waals surface area (Å²) in [4.78, 5) is 0. The molecule has 1 heterocycles. The van der Waals surface area contributed by atoms with Gasteiger partial charge < -0.3 is 9.30 Å². The Morgan fingerprint density at radius 1 is 1.26 bits per heavy atom. The van der Waals surface area contributed by atoms with E-state index in [-0.39, 0.29) is 18.2 Å². The lowest BCUT2D eigenvalue weighted by atomic mass is 10.3. The van der Waals surface area contributed by atoms with Gasteiger partial charge in [-0.1, -0.05) is 30.8 Å². The average molecular weight is 281 g/mol. The zero-order chi connectivity index (χ0) is 13.7. The maximum absolute atomic E-state index is 13.4. The van der Waals surface area contributed by atoms with Gasteiger partial charge in [-0.3, -0.25) is 0 Å². The number of nitrogens with zero attached hydrogens (tertiary/aromatic N) is 3. The molecule has 0 unspecified atom stereocenters. The molecule has 0 saturated heterocycles. The molecule has 6 heteroatoms. The molecular formula is C13H16FN3OS. The van der Waals surface area contributed by atoms with Crippen molar-refractivity contribution < 1.29 is 9.13 Å². The Bertz CT molecular complexity index is 544. The molecule has 0 atom stereocenters. The van der Waals surface area contributed by atoms with E-state index in [1.165, 1.54) is 6.07 Å². The van der Waals surface area contributed by atoms with Gasteiger partial charge in [0, 0.05) is 6.54 Å². The van der Waals surface area contributed by atoms with Crippen molar-refractivity contribution in [1.82, 2.24) is 14.8 Å². The van der Waals surface area contributed by atoms with E-state index in [1.807, 2.05) is 11.5 Å². The summed E-state index contributed by atoms with van der Waals surface area (Å²) in [5.41, 5.74) is 0. The van der Waals surface area contributed by atoms with Crippen molar-refractivity contribution in [2.45, 2.75) is 32.2 Å². The minimum absolute atomic E-state index is 0.214. The van der Waals surface area contributed by atoms with Crippen LogP contribution in [0, 0.1) is 5.82 Å². The van der Waals surface area contributed by atoms with Crippen molar-refractivity contribution >= 4 is 11.8 Å². The van der Waals surface area contributed by atoms with E-state index >= 15 is 0 Å². The Morgan fingerprint density at radius 3 is 2.74 bits per heavy atom. The summed E-state index contributed by atoms with van der Waals surface area (Å²) in [6.45, 7) is 5.07. The number of para-hydroxylation sites is 1. The minimum atomic E-state index is -0.367. The van der Waals surface area contributed by atoms with Gasteiger partial charge in [0.1, 0.15) is 6.61 Å². The van der Waals surface area contributed by atoms with Crippen LogP contribution in [0.1, 0.15) is 19.7 Å². The highest BCUT2D eigenvalue weighted by Gasteiger charge is 2.12. The molecule has 19 heavy (non-hydrogen) atoms. The van der Waals surface area contributed by atoms with Gasteiger partial charge in [0.05, 0.1) is 0 Å². The summed E-state index contributed by atoms with van der Waals surface area (Å²) < 4.78 is 20.9. The van der Waals surface area contributed by atoms with Gasteiger partial charge in [-0.25, -0.2) is 4.39 Å². The summed E-state index contributed by atoms with van der Waals surface area (Å²) in [7, 11) is 0.